The number of carbonyl (C=O) groups is 2. The number of benzene rings is 1. The summed E-state index contributed by atoms with van der Waals surface area (Å²) in [7, 11) is 0. The van der Waals surface area contributed by atoms with E-state index in [1.165, 1.54) is 6.07 Å². The molecule has 2 amide bonds. The Hall–Kier alpha value is -3.01. The van der Waals surface area contributed by atoms with Crippen molar-refractivity contribution in [2.45, 2.75) is 58.5 Å². The number of aryl methyl sites for hydroxylation is 2. The third kappa shape index (κ3) is 3.41. The quantitative estimate of drug-likeness (QED) is 0.760. The molecule has 1 aromatic heterocycles. The number of aromatic nitrogens is 1. The number of anilines is 1. The zero-order chi connectivity index (χ0) is 21.6. The van der Waals surface area contributed by atoms with Crippen molar-refractivity contribution < 1.29 is 14.0 Å². The number of piperidine rings is 1. The Morgan fingerprint density at radius 3 is 2.63 bits per heavy atom. The van der Waals surface area contributed by atoms with E-state index in [-0.39, 0.29) is 23.6 Å². The molecule has 2 aliphatic rings. The molecule has 3 N–H and O–H groups in total. The SMILES string of the molecule is CC#CC(=O)N(C1CC1)[C@H]1CCCN(c2c(F)cc(C(N)=O)c3[nH]c(C)c(C)c23)C1. The molecule has 1 aromatic carbocycles. The van der Waals surface area contributed by atoms with Crippen molar-refractivity contribution in [2.24, 2.45) is 5.73 Å². The van der Waals surface area contributed by atoms with Crippen LogP contribution in [0.5, 0.6) is 0 Å². The van der Waals surface area contributed by atoms with Crippen molar-refractivity contribution in [1.29, 1.82) is 0 Å². The predicted molar refractivity (Wildman–Crippen MR) is 115 cm³/mol. The lowest BCUT2D eigenvalue weighted by Gasteiger charge is -2.40. The summed E-state index contributed by atoms with van der Waals surface area (Å²) in [5, 5.41) is 0.694. The summed E-state index contributed by atoms with van der Waals surface area (Å²) in [6.45, 7) is 6.71. The molecule has 7 heteroatoms. The lowest BCUT2D eigenvalue weighted by molar-refractivity contribution is -0.128. The number of amides is 2. The minimum absolute atomic E-state index is 0.00906. The van der Waals surface area contributed by atoms with Gasteiger partial charge in [0.25, 0.3) is 11.8 Å². The lowest BCUT2D eigenvalue weighted by atomic mass is 9.99. The van der Waals surface area contributed by atoms with E-state index >= 15 is 4.39 Å². The predicted octanol–water partition coefficient (Wildman–Crippen LogP) is 3.01. The van der Waals surface area contributed by atoms with Gasteiger partial charge in [0.05, 0.1) is 22.8 Å². The first-order valence-electron chi connectivity index (χ1n) is 10.4. The van der Waals surface area contributed by atoms with E-state index in [0.29, 0.717) is 29.7 Å². The van der Waals surface area contributed by atoms with Gasteiger partial charge >= 0.3 is 0 Å². The largest absolute Gasteiger partial charge is 0.367 e. The second-order valence-electron chi connectivity index (χ2n) is 8.30. The number of rotatable bonds is 4. The van der Waals surface area contributed by atoms with Gasteiger partial charge in [-0.2, -0.15) is 0 Å². The smallest absolute Gasteiger partial charge is 0.299 e. The number of aromatic amines is 1. The first-order valence-corrected chi connectivity index (χ1v) is 10.4. The summed E-state index contributed by atoms with van der Waals surface area (Å²) in [4.78, 5) is 31.7. The van der Waals surface area contributed by atoms with Gasteiger partial charge in [-0.25, -0.2) is 4.39 Å². The van der Waals surface area contributed by atoms with Crippen LogP contribution in [0.15, 0.2) is 6.07 Å². The maximum absolute atomic E-state index is 15.3. The van der Waals surface area contributed by atoms with Gasteiger partial charge in [0.15, 0.2) is 0 Å². The Morgan fingerprint density at radius 2 is 2.00 bits per heavy atom. The van der Waals surface area contributed by atoms with Crippen molar-refractivity contribution in [3.05, 3.63) is 28.7 Å². The number of carbonyl (C=O) groups excluding carboxylic acids is 2. The van der Waals surface area contributed by atoms with E-state index in [4.69, 9.17) is 5.73 Å². The topological polar surface area (TPSA) is 82.4 Å². The van der Waals surface area contributed by atoms with Crippen LogP contribution in [-0.2, 0) is 4.79 Å². The zero-order valence-electron chi connectivity index (χ0n) is 17.6. The minimum Gasteiger partial charge on any atom is -0.367 e. The van der Waals surface area contributed by atoms with Crippen LogP contribution < -0.4 is 10.6 Å². The van der Waals surface area contributed by atoms with Gasteiger partial charge in [0.2, 0.25) is 0 Å². The molecule has 0 spiro atoms. The number of nitrogens with two attached hydrogens (primary N) is 1. The van der Waals surface area contributed by atoms with Crippen LogP contribution in [0.4, 0.5) is 10.1 Å². The number of nitrogens with one attached hydrogen (secondary N) is 1. The van der Waals surface area contributed by atoms with Crippen LogP contribution in [0.2, 0.25) is 0 Å². The van der Waals surface area contributed by atoms with Gasteiger partial charge in [-0.1, -0.05) is 5.92 Å². The summed E-state index contributed by atoms with van der Waals surface area (Å²) in [5.74, 6) is 4.13. The normalized spacial score (nSPS) is 18.8. The number of hydrogen-bond donors (Lipinski definition) is 2. The van der Waals surface area contributed by atoms with E-state index in [1.54, 1.807) is 6.92 Å². The summed E-state index contributed by atoms with van der Waals surface area (Å²) < 4.78 is 15.3. The number of halogens is 1. The van der Waals surface area contributed by atoms with E-state index in [9.17, 15) is 9.59 Å². The van der Waals surface area contributed by atoms with Crippen LogP contribution >= 0.6 is 0 Å². The molecule has 0 radical (unpaired) electrons. The molecule has 2 aromatic rings. The van der Waals surface area contributed by atoms with E-state index < -0.39 is 11.7 Å². The molecular weight excluding hydrogens is 383 g/mol. The van der Waals surface area contributed by atoms with Crippen molar-refractivity contribution >= 4 is 28.4 Å². The van der Waals surface area contributed by atoms with Crippen molar-refractivity contribution in [3.8, 4) is 11.8 Å². The molecule has 2 heterocycles. The monoisotopic (exact) mass is 410 g/mol. The highest BCUT2D eigenvalue weighted by Crippen LogP contribution is 2.39. The number of primary amides is 1. The van der Waals surface area contributed by atoms with Crippen molar-refractivity contribution in [1.82, 2.24) is 9.88 Å². The van der Waals surface area contributed by atoms with Crippen LogP contribution in [-0.4, -0.2) is 46.9 Å². The van der Waals surface area contributed by atoms with Gasteiger partial charge in [0, 0.05) is 30.2 Å². The molecule has 0 unspecified atom stereocenters. The Kier molecular flexibility index (Phi) is 5.19. The lowest BCUT2D eigenvalue weighted by Crippen LogP contribution is -2.51. The zero-order valence-corrected chi connectivity index (χ0v) is 17.6. The second kappa shape index (κ2) is 7.67. The minimum atomic E-state index is -0.660. The van der Waals surface area contributed by atoms with Crippen molar-refractivity contribution in [2.75, 3.05) is 18.0 Å². The number of nitrogens with zero attached hydrogens (tertiary/aromatic N) is 2. The van der Waals surface area contributed by atoms with Gasteiger partial charge in [-0.05, 0) is 64.0 Å². The summed E-state index contributed by atoms with van der Waals surface area (Å²) in [5.41, 5.74) is 8.49. The number of fused-ring (bicyclic) bond motifs is 1. The maximum atomic E-state index is 15.3. The Labute approximate surface area is 175 Å². The fraction of sp³-hybridized carbons (Fsp3) is 0.478. The fourth-order valence-electron chi connectivity index (χ4n) is 4.65. The van der Waals surface area contributed by atoms with E-state index in [2.05, 4.69) is 16.8 Å². The third-order valence-electron chi connectivity index (χ3n) is 6.28. The van der Waals surface area contributed by atoms with Gasteiger partial charge < -0.3 is 20.5 Å². The maximum Gasteiger partial charge on any atom is 0.299 e. The number of hydrogen-bond acceptors (Lipinski definition) is 3. The van der Waals surface area contributed by atoms with E-state index in [0.717, 1.165) is 36.9 Å². The van der Waals surface area contributed by atoms with Crippen LogP contribution in [0, 0.1) is 31.5 Å². The fourth-order valence-corrected chi connectivity index (χ4v) is 4.65. The molecule has 158 valence electrons. The van der Waals surface area contributed by atoms with E-state index in [1.807, 2.05) is 23.6 Å². The summed E-state index contributed by atoms with van der Waals surface area (Å²) in [6.07, 6.45) is 3.71. The highest BCUT2D eigenvalue weighted by atomic mass is 19.1. The molecule has 6 nitrogen and oxygen atoms in total. The third-order valence-corrected chi connectivity index (χ3v) is 6.28. The first-order chi connectivity index (χ1) is 14.3. The molecule has 1 saturated carbocycles. The molecular formula is C23H27FN4O2. The Morgan fingerprint density at radius 1 is 1.27 bits per heavy atom. The molecule has 2 fully saturated rings. The molecule has 1 saturated heterocycles. The van der Waals surface area contributed by atoms with Crippen LogP contribution in [0.3, 0.4) is 0 Å². The average Bonchev–Trinajstić information content (AvgIpc) is 3.48. The summed E-state index contributed by atoms with van der Waals surface area (Å²) >= 11 is 0. The van der Waals surface area contributed by atoms with Crippen LogP contribution in [0.1, 0.15) is 54.2 Å². The second-order valence-corrected chi connectivity index (χ2v) is 8.30. The molecule has 1 atom stereocenters. The standard InChI is InChI=1S/C23H27FN4O2/c1-4-6-19(29)28(15-8-9-15)16-7-5-10-27(12-16)22-18(24)11-17(23(25)30)21-20(22)13(2)14(3)26-21/h11,15-16,26H,5,7-10,12H2,1-3H3,(H2,25,30)/t16-/m0/s1. The Balaban J connectivity index is 1.76. The first kappa shape index (κ1) is 20.3. The molecule has 4 rings (SSSR count). The average molecular weight is 410 g/mol. The van der Waals surface area contributed by atoms with Gasteiger partial charge in [-0.15, -0.1) is 0 Å². The Bertz CT molecular complexity index is 1090. The van der Waals surface area contributed by atoms with Crippen molar-refractivity contribution in [3.63, 3.8) is 0 Å². The van der Waals surface area contributed by atoms with Gasteiger partial charge in [0.1, 0.15) is 5.82 Å². The summed E-state index contributed by atoms with van der Waals surface area (Å²) in [6, 6.07) is 1.46. The highest BCUT2D eigenvalue weighted by Gasteiger charge is 2.39. The molecule has 30 heavy (non-hydrogen) atoms. The molecule has 1 aliphatic heterocycles. The van der Waals surface area contributed by atoms with Crippen LogP contribution in [0.25, 0.3) is 10.9 Å². The molecule has 0 bridgehead atoms. The number of H-pyrrole nitrogens is 1. The molecule has 1 aliphatic carbocycles. The van der Waals surface area contributed by atoms with Gasteiger partial charge in [-0.3, -0.25) is 9.59 Å². The highest BCUT2D eigenvalue weighted by molar-refractivity contribution is 6.10.